The van der Waals surface area contributed by atoms with Crippen LogP contribution in [0.15, 0.2) is 237 Å². The van der Waals surface area contributed by atoms with Crippen LogP contribution in [0.3, 0.4) is 0 Å². The Morgan fingerprint density at radius 2 is 0.797 bits per heavy atom. The van der Waals surface area contributed by atoms with Crippen molar-refractivity contribution in [1.82, 2.24) is 0 Å². The number of nitrogens with zero attached hydrogens (tertiary/aromatic N) is 1. The van der Waals surface area contributed by atoms with Crippen molar-refractivity contribution in [3.05, 3.63) is 270 Å². The van der Waals surface area contributed by atoms with Crippen LogP contribution < -0.4 is 4.90 Å². The van der Waals surface area contributed by atoms with Gasteiger partial charge in [-0.25, -0.2) is 0 Å². The zero-order valence-corrected chi connectivity index (χ0v) is 35.5. The maximum atomic E-state index is 2.49. The number of fused-ring (bicyclic) bond motifs is 7. The van der Waals surface area contributed by atoms with E-state index in [1.807, 2.05) is 0 Å². The van der Waals surface area contributed by atoms with Crippen LogP contribution >= 0.6 is 0 Å². The molecular formula is C63H45N. The van der Waals surface area contributed by atoms with Crippen LogP contribution in [-0.4, -0.2) is 0 Å². The van der Waals surface area contributed by atoms with Crippen LogP contribution in [0.4, 0.5) is 17.1 Å². The number of benzene rings is 10. The summed E-state index contributed by atoms with van der Waals surface area (Å²) >= 11 is 0. The summed E-state index contributed by atoms with van der Waals surface area (Å²) < 4.78 is 0. The molecule has 1 heteroatoms. The first-order valence-electron chi connectivity index (χ1n) is 22.4. The smallest absolute Gasteiger partial charge is 0.0465 e. The lowest BCUT2D eigenvalue weighted by atomic mass is 9.75. The molecule has 12 rings (SSSR count). The highest BCUT2D eigenvalue weighted by molar-refractivity contribution is 6.12. The largest absolute Gasteiger partial charge is 0.310 e. The minimum absolute atomic E-state index is 0.145. The van der Waals surface area contributed by atoms with Gasteiger partial charge >= 0.3 is 0 Å². The van der Waals surface area contributed by atoms with E-state index < -0.39 is 0 Å². The molecule has 0 atom stereocenters. The molecule has 0 bridgehead atoms. The fourth-order valence-corrected chi connectivity index (χ4v) is 10.7. The normalized spacial score (nSPS) is 13.2. The van der Waals surface area contributed by atoms with Gasteiger partial charge in [0.2, 0.25) is 0 Å². The van der Waals surface area contributed by atoms with Crippen molar-refractivity contribution in [2.45, 2.75) is 18.3 Å². The number of para-hydroxylation sites is 2. The summed E-state index contributed by atoms with van der Waals surface area (Å²) in [6.07, 6.45) is 6.54. The van der Waals surface area contributed by atoms with E-state index in [1.165, 1.54) is 94.3 Å². The first-order chi connectivity index (χ1) is 31.7. The van der Waals surface area contributed by atoms with Gasteiger partial charge in [-0.05, 0) is 138 Å². The molecule has 0 amide bonds. The van der Waals surface area contributed by atoms with Gasteiger partial charge in [0.05, 0.1) is 0 Å². The van der Waals surface area contributed by atoms with Crippen molar-refractivity contribution in [2.75, 3.05) is 4.90 Å². The third-order valence-corrected chi connectivity index (χ3v) is 13.7. The summed E-state index contributed by atoms with van der Waals surface area (Å²) in [4.78, 5) is 2.39. The number of rotatable bonds is 8. The molecular weight excluding hydrogens is 771 g/mol. The summed E-state index contributed by atoms with van der Waals surface area (Å²) in [7, 11) is 0. The molecule has 0 aromatic heterocycles. The number of hydrogen-bond acceptors (Lipinski definition) is 1. The SMILES string of the molecule is C(=C\c1ccc2c(c1)C1(Cc3ccccc3C1)c1cc(N(c3ccccc3)c3ccccc3)ccc1-2)/c1ccc(-c2ccc(-c3ccccc3)c3c(-c4ccccc4)cccc23)cc1. The van der Waals surface area contributed by atoms with Crippen molar-refractivity contribution in [3.63, 3.8) is 0 Å². The average Bonchev–Trinajstić information content (AvgIpc) is 3.89. The van der Waals surface area contributed by atoms with Crippen LogP contribution in [0.1, 0.15) is 33.4 Å². The summed E-state index contributed by atoms with van der Waals surface area (Å²) in [6.45, 7) is 0. The van der Waals surface area contributed by atoms with E-state index in [2.05, 4.69) is 254 Å². The van der Waals surface area contributed by atoms with Crippen LogP contribution in [0.5, 0.6) is 0 Å². The lowest BCUT2D eigenvalue weighted by Gasteiger charge is -2.30. The molecule has 0 saturated heterocycles. The van der Waals surface area contributed by atoms with Crippen molar-refractivity contribution < 1.29 is 0 Å². The molecule has 0 saturated carbocycles. The summed E-state index contributed by atoms with van der Waals surface area (Å²) in [6, 6.07) is 86.8. The van der Waals surface area contributed by atoms with Gasteiger partial charge < -0.3 is 4.90 Å². The third kappa shape index (κ3) is 6.48. The molecule has 0 heterocycles. The summed E-state index contributed by atoms with van der Waals surface area (Å²) in [5.41, 5.74) is 21.6. The lowest BCUT2D eigenvalue weighted by molar-refractivity contribution is 0.563. The van der Waals surface area contributed by atoms with E-state index in [0.717, 1.165) is 24.2 Å². The van der Waals surface area contributed by atoms with Crippen LogP contribution in [-0.2, 0) is 18.3 Å². The van der Waals surface area contributed by atoms with E-state index in [0.29, 0.717) is 0 Å². The zero-order chi connectivity index (χ0) is 42.5. The molecule has 1 nitrogen and oxygen atoms in total. The monoisotopic (exact) mass is 815 g/mol. The van der Waals surface area contributed by atoms with E-state index in [1.54, 1.807) is 0 Å². The van der Waals surface area contributed by atoms with E-state index in [4.69, 9.17) is 0 Å². The molecule has 0 aliphatic heterocycles. The Morgan fingerprint density at radius 1 is 0.328 bits per heavy atom. The zero-order valence-electron chi connectivity index (χ0n) is 35.5. The first kappa shape index (κ1) is 37.7. The third-order valence-electron chi connectivity index (χ3n) is 13.7. The minimum atomic E-state index is -0.145. The van der Waals surface area contributed by atoms with Crippen LogP contribution in [0, 0.1) is 0 Å². The molecule has 0 fully saturated rings. The van der Waals surface area contributed by atoms with Gasteiger partial charge in [0.1, 0.15) is 0 Å². The molecule has 0 unspecified atom stereocenters. The lowest BCUT2D eigenvalue weighted by Crippen LogP contribution is -2.26. The average molecular weight is 816 g/mol. The topological polar surface area (TPSA) is 3.24 Å². The van der Waals surface area contributed by atoms with E-state index in [9.17, 15) is 0 Å². The molecule has 2 aliphatic rings. The van der Waals surface area contributed by atoms with Gasteiger partial charge in [-0.1, -0.05) is 212 Å². The van der Waals surface area contributed by atoms with Crippen LogP contribution in [0.25, 0.3) is 67.4 Å². The molecule has 10 aromatic rings. The number of hydrogen-bond donors (Lipinski definition) is 0. The van der Waals surface area contributed by atoms with Crippen molar-refractivity contribution in [3.8, 4) is 44.5 Å². The maximum absolute atomic E-state index is 2.49. The van der Waals surface area contributed by atoms with Crippen LogP contribution in [0.2, 0.25) is 0 Å². The summed E-state index contributed by atoms with van der Waals surface area (Å²) in [5, 5.41) is 2.54. The molecule has 10 aromatic carbocycles. The standard InChI is InChI=1S/C63H45N/c1-5-16-46(17-6-1)55-26-15-27-59-54(38-39-56(62(55)59)47-18-7-2-8-19-47)48-33-30-44(31-34-48)28-29-45-32-36-57-58-37-35-53(64(51-22-9-3-10-23-51)52-24-11-4-12-25-52)41-61(58)63(60(57)40-45)42-49-20-13-14-21-50(49)43-63/h1-41H,42-43H2/b29-28+. The predicted molar refractivity (Wildman–Crippen MR) is 270 cm³/mol. The highest BCUT2D eigenvalue weighted by Crippen LogP contribution is 2.57. The fourth-order valence-electron chi connectivity index (χ4n) is 10.7. The van der Waals surface area contributed by atoms with Crippen molar-refractivity contribution in [2.24, 2.45) is 0 Å². The minimum Gasteiger partial charge on any atom is -0.310 e. The Morgan fingerprint density at radius 3 is 1.42 bits per heavy atom. The highest BCUT2D eigenvalue weighted by atomic mass is 15.1. The predicted octanol–water partition coefficient (Wildman–Crippen LogP) is 16.5. The van der Waals surface area contributed by atoms with Crippen molar-refractivity contribution in [1.29, 1.82) is 0 Å². The molecule has 2 aliphatic carbocycles. The summed E-state index contributed by atoms with van der Waals surface area (Å²) in [5.74, 6) is 0. The molecule has 0 radical (unpaired) electrons. The van der Waals surface area contributed by atoms with Gasteiger partial charge in [0, 0.05) is 22.5 Å². The Bertz CT molecular complexity index is 3240. The van der Waals surface area contributed by atoms with Gasteiger partial charge in [-0.15, -0.1) is 0 Å². The molecule has 302 valence electrons. The molecule has 0 N–H and O–H groups in total. The van der Waals surface area contributed by atoms with E-state index >= 15 is 0 Å². The van der Waals surface area contributed by atoms with Gasteiger partial charge in [0.25, 0.3) is 0 Å². The fraction of sp³-hybridized carbons (Fsp3) is 0.0476. The Kier molecular flexibility index (Phi) is 9.27. The van der Waals surface area contributed by atoms with Gasteiger partial charge in [-0.2, -0.15) is 0 Å². The first-order valence-corrected chi connectivity index (χ1v) is 22.4. The van der Waals surface area contributed by atoms with Gasteiger partial charge in [-0.3, -0.25) is 0 Å². The van der Waals surface area contributed by atoms with Gasteiger partial charge in [0.15, 0.2) is 0 Å². The highest BCUT2D eigenvalue weighted by Gasteiger charge is 2.47. The Balaban J connectivity index is 0.896. The van der Waals surface area contributed by atoms with Crippen molar-refractivity contribution >= 4 is 40.0 Å². The second kappa shape index (κ2) is 15.7. The quantitative estimate of drug-likeness (QED) is 0.138. The maximum Gasteiger partial charge on any atom is 0.0465 e. The Labute approximate surface area is 375 Å². The number of anilines is 3. The van der Waals surface area contributed by atoms with E-state index in [-0.39, 0.29) is 5.41 Å². The molecule has 64 heavy (non-hydrogen) atoms. The molecule has 1 spiro atoms. The second-order valence-electron chi connectivity index (χ2n) is 17.3. The Hall–Kier alpha value is -8.00. The second-order valence-corrected chi connectivity index (χ2v) is 17.3.